The van der Waals surface area contributed by atoms with E-state index in [1.54, 1.807) is 13.0 Å². The summed E-state index contributed by atoms with van der Waals surface area (Å²) in [7, 11) is 0. The summed E-state index contributed by atoms with van der Waals surface area (Å²) in [5.74, 6) is -0.372. The highest BCUT2D eigenvalue weighted by atomic mass is 16.7. The van der Waals surface area contributed by atoms with Crippen LogP contribution in [0.15, 0.2) is 16.8 Å². The molecular weight excluding hydrogens is 506 g/mol. The summed E-state index contributed by atoms with van der Waals surface area (Å²) < 4.78 is 17.2. The van der Waals surface area contributed by atoms with E-state index in [4.69, 9.17) is 14.2 Å². The Morgan fingerprint density at radius 3 is 2.54 bits per heavy atom. The van der Waals surface area contributed by atoms with Gasteiger partial charge in [-0.3, -0.25) is 0 Å². The zero-order valence-electron chi connectivity index (χ0n) is 22.9. The van der Waals surface area contributed by atoms with Crippen molar-refractivity contribution >= 4 is 12.2 Å². The maximum absolute atomic E-state index is 12.4. The van der Waals surface area contributed by atoms with Crippen molar-refractivity contribution in [2.24, 2.45) is 33.7 Å². The van der Waals surface area contributed by atoms with Gasteiger partial charge in [0.2, 0.25) is 0 Å². The largest absolute Gasteiger partial charge is 0.458 e. The Labute approximate surface area is 229 Å². The molecule has 4 aliphatic carbocycles. The summed E-state index contributed by atoms with van der Waals surface area (Å²) in [6.07, 6.45) is 5.36. The molecule has 0 bridgehead atoms. The van der Waals surface area contributed by atoms with Crippen molar-refractivity contribution in [3.05, 3.63) is 11.6 Å². The van der Waals surface area contributed by atoms with Gasteiger partial charge in [0, 0.05) is 29.7 Å². The summed E-state index contributed by atoms with van der Waals surface area (Å²) in [5, 5.41) is 58.2. The molecule has 0 aromatic rings. The minimum absolute atomic E-state index is 0.0664. The molecule has 5 fully saturated rings. The van der Waals surface area contributed by atoms with Crippen molar-refractivity contribution in [1.82, 2.24) is 0 Å². The number of hydrogen-bond donors (Lipinski definition) is 5. The smallest absolute Gasteiger partial charge is 0.331 e. The SMILES string of the molecule is C[C@@H]1O[C@H](O[C@H]2CC[C@]3(/C=N\O)[C@H]4CC[C@]5(C)[C@@H](C6=CC(=O)OC6)CC[C@]5(O)[C@@H]4CC[C@]3(O)C2)C[C@H](O)[C@H]1O. The summed E-state index contributed by atoms with van der Waals surface area (Å²) in [4.78, 5) is 11.8. The van der Waals surface area contributed by atoms with E-state index < -0.39 is 46.6 Å². The van der Waals surface area contributed by atoms with Crippen molar-refractivity contribution in [2.75, 3.05) is 6.61 Å². The number of aliphatic hydroxyl groups excluding tert-OH is 2. The number of nitrogens with zero attached hydrogens (tertiary/aromatic N) is 1. The third-order valence-electron chi connectivity index (χ3n) is 11.9. The number of oxime groups is 1. The third kappa shape index (κ3) is 3.96. The Morgan fingerprint density at radius 2 is 1.85 bits per heavy atom. The van der Waals surface area contributed by atoms with Crippen molar-refractivity contribution in [2.45, 2.75) is 120 Å². The molecule has 218 valence electrons. The minimum Gasteiger partial charge on any atom is -0.458 e. The number of carbonyl (C=O) groups is 1. The summed E-state index contributed by atoms with van der Waals surface area (Å²) >= 11 is 0. The van der Waals surface area contributed by atoms with E-state index in [9.17, 15) is 30.4 Å². The average molecular weight is 550 g/mol. The zero-order chi connectivity index (χ0) is 27.8. The Bertz CT molecular complexity index is 1040. The molecule has 4 saturated carbocycles. The van der Waals surface area contributed by atoms with E-state index in [-0.39, 0.29) is 36.2 Å². The molecule has 6 aliphatic rings. The van der Waals surface area contributed by atoms with Gasteiger partial charge in [0.05, 0.1) is 35.7 Å². The van der Waals surface area contributed by atoms with Gasteiger partial charge in [0.1, 0.15) is 12.7 Å². The molecule has 0 radical (unpaired) electrons. The highest BCUT2D eigenvalue weighted by Gasteiger charge is 2.71. The monoisotopic (exact) mass is 549 g/mol. The first-order chi connectivity index (χ1) is 18.5. The lowest BCUT2D eigenvalue weighted by atomic mass is 9.41. The van der Waals surface area contributed by atoms with Crippen LogP contribution in [0.2, 0.25) is 0 Å². The topological polar surface area (TPSA) is 158 Å². The van der Waals surface area contributed by atoms with Gasteiger partial charge in [-0.25, -0.2) is 4.79 Å². The first-order valence-corrected chi connectivity index (χ1v) is 14.6. The van der Waals surface area contributed by atoms with Crippen LogP contribution in [0, 0.1) is 28.6 Å². The molecule has 39 heavy (non-hydrogen) atoms. The number of rotatable bonds is 4. The van der Waals surface area contributed by atoms with Crippen molar-refractivity contribution < 1.29 is 44.6 Å². The molecule has 10 heteroatoms. The van der Waals surface area contributed by atoms with Crippen LogP contribution in [0.1, 0.15) is 78.1 Å². The second kappa shape index (κ2) is 9.49. The average Bonchev–Trinajstić information content (AvgIpc) is 3.42. The molecule has 0 aromatic heterocycles. The van der Waals surface area contributed by atoms with Gasteiger partial charge in [0.15, 0.2) is 6.29 Å². The fourth-order valence-electron chi connectivity index (χ4n) is 9.89. The van der Waals surface area contributed by atoms with E-state index >= 15 is 0 Å². The van der Waals surface area contributed by atoms with Crippen LogP contribution < -0.4 is 0 Å². The first-order valence-electron chi connectivity index (χ1n) is 14.6. The van der Waals surface area contributed by atoms with Crippen LogP contribution in [0.5, 0.6) is 0 Å². The van der Waals surface area contributed by atoms with Gasteiger partial charge in [-0.05, 0) is 81.6 Å². The molecule has 0 spiro atoms. The predicted molar refractivity (Wildman–Crippen MR) is 138 cm³/mol. The van der Waals surface area contributed by atoms with Crippen molar-refractivity contribution in [1.29, 1.82) is 0 Å². The lowest BCUT2D eigenvalue weighted by Gasteiger charge is -2.65. The quantitative estimate of drug-likeness (QED) is 0.116. The summed E-state index contributed by atoms with van der Waals surface area (Å²) in [5.41, 5.74) is -2.37. The number of esters is 1. The van der Waals surface area contributed by atoms with Crippen molar-refractivity contribution in [3.63, 3.8) is 0 Å². The molecule has 2 aliphatic heterocycles. The highest BCUT2D eigenvalue weighted by molar-refractivity contribution is 5.85. The number of hydrogen-bond acceptors (Lipinski definition) is 10. The minimum atomic E-state index is -1.18. The lowest BCUT2D eigenvalue weighted by molar-refractivity contribution is -0.282. The molecule has 1 saturated heterocycles. The van der Waals surface area contributed by atoms with E-state index in [0.29, 0.717) is 45.1 Å². The normalized spacial score (nSPS) is 53.6. The number of fused-ring (bicyclic) bond motifs is 5. The Morgan fingerprint density at radius 1 is 1.08 bits per heavy atom. The van der Waals surface area contributed by atoms with Crippen LogP contribution in [-0.2, 0) is 19.0 Å². The second-order valence-corrected chi connectivity index (χ2v) is 13.4. The molecule has 6 rings (SSSR count). The third-order valence-corrected chi connectivity index (χ3v) is 11.9. The number of ether oxygens (including phenoxy) is 3. The maximum Gasteiger partial charge on any atom is 0.331 e. The van der Waals surface area contributed by atoms with Crippen LogP contribution in [0.3, 0.4) is 0 Å². The standard InChI is InChI=1S/C29H43NO9/c1-16-25(33)22(31)12-24(38-16)39-18-3-8-27(15-30-36)20-4-7-26(2)19(17-11-23(32)37-14-17)6-10-29(26,35)21(20)5-9-28(27,34)13-18/h11,15-16,18-22,24-25,31,33-36H,3-10,12-14H2,1-2H3/b30-15-/t16-,18-,19+,20-,21+,22-,24+,25-,26+,27-,28-,29-/m0/s1. The Kier molecular flexibility index (Phi) is 6.72. The first kappa shape index (κ1) is 27.6. The number of aliphatic hydroxyl groups is 4. The van der Waals surface area contributed by atoms with Crippen LogP contribution >= 0.6 is 0 Å². The van der Waals surface area contributed by atoms with Crippen LogP contribution in [0.25, 0.3) is 0 Å². The lowest BCUT2D eigenvalue weighted by Crippen LogP contribution is -2.69. The van der Waals surface area contributed by atoms with Gasteiger partial charge >= 0.3 is 5.97 Å². The number of carbonyl (C=O) groups excluding carboxylic acids is 1. The van der Waals surface area contributed by atoms with E-state index in [1.807, 2.05) is 0 Å². The molecule has 10 nitrogen and oxygen atoms in total. The molecule has 12 atom stereocenters. The zero-order valence-corrected chi connectivity index (χ0v) is 22.9. The molecule has 5 N–H and O–H groups in total. The Hall–Kier alpha value is -1.56. The Balaban J connectivity index is 1.24. The van der Waals surface area contributed by atoms with Crippen LogP contribution in [-0.4, -0.2) is 86.3 Å². The molecule has 0 amide bonds. The number of cyclic esters (lactones) is 1. The van der Waals surface area contributed by atoms with E-state index in [0.717, 1.165) is 24.8 Å². The van der Waals surface area contributed by atoms with Gasteiger partial charge in [0.25, 0.3) is 0 Å². The summed E-state index contributed by atoms with van der Waals surface area (Å²) in [6.45, 7) is 4.15. The van der Waals surface area contributed by atoms with Gasteiger partial charge in [-0.1, -0.05) is 6.92 Å². The van der Waals surface area contributed by atoms with E-state index in [1.165, 1.54) is 6.21 Å². The molecular formula is C29H43NO9. The predicted octanol–water partition coefficient (Wildman–Crippen LogP) is 2.04. The van der Waals surface area contributed by atoms with Gasteiger partial charge < -0.3 is 39.8 Å². The second-order valence-electron chi connectivity index (χ2n) is 13.4. The van der Waals surface area contributed by atoms with E-state index in [2.05, 4.69) is 12.1 Å². The summed E-state index contributed by atoms with van der Waals surface area (Å²) in [6, 6.07) is 0. The van der Waals surface area contributed by atoms with Crippen LogP contribution in [0.4, 0.5) is 0 Å². The molecule has 2 heterocycles. The van der Waals surface area contributed by atoms with Crippen molar-refractivity contribution in [3.8, 4) is 0 Å². The fourth-order valence-corrected chi connectivity index (χ4v) is 9.89. The maximum atomic E-state index is 12.4. The van der Waals surface area contributed by atoms with Gasteiger partial charge in [-0.15, -0.1) is 5.16 Å². The van der Waals surface area contributed by atoms with Gasteiger partial charge in [-0.2, -0.15) is 0 Å². The molecule has 0 unspecified atom stereocenters. The molecule has 0 aromatic carbocycles. The highest BCUT2D eigenvalue weighted by Crippen LogP contribution is 2.70. The fraction of sp³-hybridized carbons (Fsp3) is 0.862.